The number of aliphatic hydroxyl groups is 1. The quantitative estimate of drug-likeness (QED) is 0.244. The van der Waals surface area contributed by atoms with Crippen LogP contribution < -0.4 is 5.32 Å². The number of imidazole rings is 1. The van der Waals surface area contributed by atoms with Gasteiger partial charge in [0.05, 0.1) is 24.2 Å². The number of nitrogens with zero attached hydrogens (tertiary/aromatic N) is 1. The molecule has 1 aromatic heterocycles. The smallest absolute Gasteiger partial charge is 0.286 e. The van der Waals surface area contributed by atoms with Gasteiger partial charge in [0.25, 0.3) is 5.91 Å². The van der Waals surface area contributed by atoms with Gasteiger partial charge in [-0.3, -0.25) is 4.79 Å². The van der Waals surface area contributed by atoms with Gasteiger partial charge in [0.2, 0.25) is 6.29 Å². The second kappa shape index (κ2) is 10.8. The maximum Gasteiger partial charge on any atom is 0.286 e. The number of ether oxygens (including phenoxy) is 2. The Morgan fingerprint density at radius 3 is 2.79 bits per heavy atom. The van der Waals surface area contributed by atoms with Crippen LogP contribution in [-0.4, -0.2) is 40.5 Å². The van der Waals surface area contributed by atoms with Gasteiger partial charge in [-0.15, -0.1) is 0 Å². The minimum absolute atomic E-state index is 0.0252. The monoisotopic (exact) mass is 509 g/mol. The lowest BCUT2D eigenvalue weighted by Crippen LogP contribution is -2.33. The standard InChI is InChI=1S/C31H31N3O4/c35-14-5-6-15-37-30-18-21(23-10-7-11-24-22-9-2-1-8-20(22)16-25(23)24)17-28(38-30)31(36)32-19-29-33-26-12-3-4-13-27(26)34-29/h1-4,7-13,17,21,30,35H,5-6,14-16,18-19H2,(H,32,36)(H,33,34)/t21-,30+/m0/s1. The van der Waals surface area contributed by atoms with Crippen molar-refractivity contribution < 1.29 is 19.4 Å². The Bertz CT molecular complexity index is 1460. The molecule has 0 bridgehead atoms. The largest absolute Gasteiger partial charge is 0.459 e. The Balaban J connectivity index is 1.24. The Labute approximate surface area is 221 Å². The van der Waals surface area contributed by atoms with E-state index in [-0.39, 0.29) is 30.7 Å². The number of H-pyrrole nitrogens is 1. The topological polar surface area (TPSA) is 96.5 Å². The third-order valence-electron chi connectivity index (χ3n) is 7.28. The molecule has 0 saturated carbocycles. The fourth-order valence-electron chi connectivity index (χ4n) is 5.43. The van der Waals surface area contributed by atoms with E-state index in [4.69, 9.17) is 14.6 Å². The van der Waals surface area contributed by atoms with Gasteiger partial charge in [0, 0.05) is 18.9 Å². The van der Waals surface area contributed by atoms with Gasteiger partial charge in [-0.05, 0) is 65.3 Å². The fourth-order valence-corrected chi connectivity index (χ4v) is 5.43. The maximum absolute atomic E-state index is 13.3. The molecule has 1 aliphatic heterocycles. The molecule has 2 aliphatic rings. The predicted octanol–water partition coefficient (Wildman–Crippen LogP) is 4.95. The number of hydrogen-bond acceptors (Lipinski definition) is 5. The highest BCUT2D eigenvalue weighted by Crippen LogP contribution is 2.42. The molecule has 6 rings (SSSR count). The number of carbonyl (C=O) groups excluding carboxylic acids is 1. The summed E-state index contributed by atoms with van der Waals surface area (Å²) in [5, 5.41) is 12.1. The molecule has 3 aromatic carbocycles. The second-order valence-electron chi connectivity index (χ2n) is 9.81. The highest BCUT2D eigenvalue weighted by molar-refractivity contribution is 5.91. The van der Waals surface area contributed by atoms with Crippen LogP contribution in [0.1, 0.15) is 47.7 Å². The SMILES string of the molecule is O=C(NCc1nc2ccccc2[nH]1)C1=C[C@H](c2cccc3c2Cc2ccccc2-3)C[C@H](OCCCCO)O1. The predicted molar refractivity (Wildman–Crippen MR) is 145 cm³/mol. The number of amides is 1. The summed E-state index contributed by atoms with van der Waals surface area (Å²) in [6.45, 7) is 0.852. The summed E-state index contributed by atoms with van der Waals surface area (Å²) < 4.78 is 12.1. The van der Waals surface area contributed by atoms with E-state index >= 15 is 0 Å². The molecule has 7 heteroatoms. The molecule has 38 heavy (non-hydrogen) atoms. The number of aromatic amines is 1. The number of aromatic nitrogens is 2. The first-order valence-electron chi connectivity index (χ1n) is 13.2. The van der Waals surface area contributed by atoms with Crippen molar-refractivity contribution >= 4 is 16.9 Å². The molecule has 7 nitrogen and oxygen atoms in total. The minimum Gasteiger partial charge on any atom is -0.459 e. The minimum atomic E-state index is -0.546. The van der Waals surface area contributed by atoms with E-state index < -0.39 is 6.29 Å². The van der Waals surface area contributed by atoms with Crippen LogP contribution in [0.15, 0.2) is 78.6 Å². The summed E-state index contributed by atoms with van der Waals surface area (Å²) >= 11 is 0. The number of fused-ring (bicyclic) bond motifs is 4. The van der Waals surface area contributed by atoms with Crippen LogP contribution in [0.4, 0.5) is 0 Å². The van der Waals surface area contributed by atoms with Gasteiger partial charge in [0.15, 0.2) is 5.76 Å². The summed E-state index contributed by atoms with van der Waals surface area (Å²) in [6.07, 6.45) is 4.28. The van der Waals surface area contributed by atoms with E-state index in [2.05, 4.69) is 57.7 Å². The van der Waals surface area contributed by atoms with Crippen molar-refractivity contribution in [2.45, 2.75) is 44.4 Å². The molecule has 3 N–H and O–H groups in total. The van der Waals surface area contributed by atoms with Crippen molar-refractivity contribution in [3.05, 3.63) is 101 Å². The third-order valence-corrected chi connectivity index (χ3v) is 7.28. The van der Waals surface area contributed by atoms with Gasteiger partial charge in [-0.25, -0.2) is 4.98 Å². The van der Waals surface area contributed by atoms with Crippen LogP contribution in [0.3, 0.4) is 0 Å². The average molecular weight is 510 g/mol. The van der Waals surface area contributed by atoms with Crippen LogP contribution in [0.5, 0.6) is 0 Å². The van der Waals surface area contributed by atoms with Crippen molar-refractivity contribution in [3.63, 3.8) is 0 Å². The van der Waals surface area contributed by atoms with Crippen molar-refractivity contribution in [3.8, 4) is 11.1 Å². The Morgan fingerprint density at radius 1 is 1.05 bits per heavy atom. The number of carbonyl (C=O) groups is 1. The van der Waals surface area contributed by atoms with E-state index in [1.165, 1.54) is 27.8 Å². The Kier molecular flexibility index (Phi) is 6.94. The number of nitrogens with one attached hydrogen (secondary N) is 2. The Hall–Kier alpha value is -3.94. The molecule has 1 amide bonds. The lowest BCUT2D eigenvalue weighted by atomic mass is 9.87. The van der Waals surface area contributed by atoms with E-state index in [1.807, 2.05) is 30.3 Å². The first-order valence-corrected chi connectivity index (χ1v) is 13.2. The zero-order valence-corrected chi connectivity index (χ0v) is 21.2. The van der Waals surface area contributed by atoms with E-state index in [0.717, 1.165) is 23.9 Å². The maximum atomic E-state index is 13.3. The van der Waals surface area contributed by atoms with Crippen LogP contribution >= 0.6 is 0 Å². The van der Waals surface area contributed by atoms with Crippen LogP contribution in [0.2, 0.25) is 0 Å². The molecule has 0 radical (unpaired) electrons. The first-order chi connectivity index (χ1) is 18.7. The zero-order chi connectivity index (χ0) is 25.9. The second-order valence-corrected chi connectivity index (χ2v) is 9.81. The van der Waals surface area contributed by atoms with Crippen molar-refractivity contribution in [2.75, 3.05) is 13.2 Å². The van der Waals surface area contributed by atoms with Crippen LogP contribution in [-0.2, 0) is 27.2 Å². The number of rotatable bonds is 9. The van der Waals surface area contributed by atoms with Crippen LogP contribution in [0.25, 0.3) is 22.2 Å². The van der Waals surface area contributed by atoms with Gasteiger partial charge < -0.3 is 24.9 Å². The fraction of sp³-hybridized carbons (Fsp3) is 0.290. The highest BCUT2D eigenvalue weighted by Gasteiger charge is 2.32. The molecular weight excluding hydrogens is 478 g/mol. The van der Waals surface area contributed by atoms with Gasteiger partial charge >= 0.3 is 0 Å². The van der Waals surface area contributed by atoms with E-state index in [1.54, 1.807) is 0 Å². The average Bonchev–Trinajstić information content (AvgIpc) is 3.55. The van der Waals surface area contributed by atoms with E-state index in [9.17, 15) is 4.79 Å². The summed E-state index contributed by atoms with van der Waals surface area (Å²) in [5.41, 5.74) is 8.16. The van der Waals surface area contributed by atoms with Crippen molar-refractivity contribution in [2.24, 2.45) is 0 Å². The Morgan fingerprint density at radius 2 is 1.89 bits per heavy atom. The molecule has 1 aliphatic carbocycles. The molecule has 0 unspecified atom stereocenters. The molecule has 0 spiro atoms. The zero-order valence-electron chi connectivity index (χ0n) is 21.2. The molecule has 2 atom stereocenters. The molecule has 2 heterocycles. The normalized spacial score (nSPS) is 18.0. The lowest BCUT2D eigenvalue weighted by Gasteiger charge is -2.30. The van der Waals surface area contributed by atoms with Gasteiger partial charge in [-0.2, -0.15) is 0 Å². The molecule has 4 aromatic rings. The highest BCUT2D eigenvalue weighted by atomic mass is 16.7. The summed E-state index contributed by atoms with van der Waals surface area (Å²) in [4.78, 5) is 21.1. The van der Waals surface area contributed by atoms with Gasteiger partial charge in [-0.1, -0.05) is 54.6 Å². The number of benzene rings is 3. The molecule has 194 valence electrons. The van der Waals surface area contributed by atoms with Gasteiger partial charge in [0.1, 0.15) is 5.82 Å². The number of aliphatic hydroxyl groups excluding tert-OH is 1. The summed E-state index contributed by atoms with van der Waals surface area (Å²) in [6, 6.07) is 22.7. The molecule has 0 saturated heterocycles. The number of hydrogen-bond donors (Lipinski definition) is 3. The third kappa shape index (κ3) is 4.95. The first kappa shape index (κ1) is 24.4. The number of para-hydroxylation sites is 2. The molecular formula is C31H31N3O4. The lowest BCUT2D eigenvalue weighted by molar-refractivity contribution is -0.146. The van der Waals surface area contributed by atoms with E-state index in [0.29, 0.717) is 25.3 Å². The molecule has 0 fully saturated rings. The van der Waals surface area contributed by atoms with Crippen molar-refractivity contribution in [1.29, 1.82) is 0 Å². The summed E-state index contributed by atoms with van der Waals surface area (Å²) in [7, 11) is 0. The van der Waals surface area contributed by atoms with Crippen LogP contribution in [0, 0.1) is 0 Å². The number of unbranched alkanes of at least 4 members (excludes halogenated alkanes) is 1. The number of allylic oxidation sites excluding steroid dienone is 1. The summed E-state index contributed by atoms with van der Waals surface area (Å²) in [5.74, 6) is 0.623. The van der Waals surface area contributed by atoms with Crippen molar-refractivity contribution in [1.82, 2.24) is 15.3 Å².